The second-order valence-electron chi connectivity index (χ2n) is 6.82. The molecule has 0 bridgehead atoms. The van der Waals surface area contributed by atoms with E-state index in [2.05, 4.69) is 10.1 Å². The third kappa shape index (κ3) is 4.27. The molecule has 2 aromatic heterocycles. The first kappa shape index (κ1) is 17.9. The van der Waals surface area contributed by atoms with Crippen molar-refractivity contribution in [1.82, 2.24) is 14.6 Å². The second-order valence-corrected chi connectivity index (χ2v) is 6.82. The quantitative estimate of drug-likeness (QED) is 0.665. The third-order valence-corrected chi connectivity index (χ3v) is 4.82. The molecule has 0 saturated carbocycles. The van der Waals surface area contributed by atoms with Gasteiger partial charge in [-0.05, 0) is 31.0 Å². The fraction of sp³-hybridized carbons (Fsp3) is 0.421. The first-order chi connectivity index (χ1) is 13.0. The van der Waals surface area contributed by atoms with E-state index in [4.69, 9.17) is 9.26 Å². The Morgan fingerprint density at radius 3 is 2.67 bits per heavy atom. The minimum Gasteiger partial charge on any atom is -0.490 e. The molecular formula is C19H20F3N3O2. The molecule has 144 valence electrons. The summed E-state index contributed by atoms with van der Waals surface area (Å²) < 4.78 is 50.7. The summed E-state index contributed by atoms with van der Waals surface area (Å²) in [6.45, 7) is 1.47. The Kier molecular flexibility index (Phi) is 4.82. The van der Waals surface area contributed by atoms with Crippen LogP contribution >= 0.6 is 0 Å². The van der Waals surface area contributed by atoms with Crippen molar-refractivity contribution >= 4 is 10.9 Å². The molecule has 0 atom stereocenters. The van der Waals surface area contributed by atoms with Gasteiger partial charge in [0.05, 0.1) is 18.3 Å². The molecule has 1 aliphatic rings. The van der Waals surface area contributed by atoms with Crippen LogP contribution in [0.3, 0.4) is 0 Å². The van der Waals surface area contributed by atoms with Crippen molar-refractivity contribution in [3.8, 4) is 5.75 Å². The zero-order valence-corrected chi connectivity index (χ0v) is 14.7. The van der Waals surface area contributed by atoms with Gasteiger partial charge in [0.2, 0.25) is 0 Å². The number of rotatable bonds is 5. The van der Waals surface area contributed by atoms with Crippen LogP contribution in [0.25, 0.3) is 10.9 Å². The molecule has 0 N–H and O–H groups in total. The van der Waals surface area contributed by atoms with Crippen LogP contribution < -0.4 is 4.74 Å². The lowest BCUT2D eigenvalue weighted by atomic mass is 10.1. The zero-order chi connectivity index (χ0) is 18.9. The maximum atomic E-state index is 12.7. The molecule has 1 fully saturated rings. The van der Waals surface area contributed by atoms with Crippen molar-refractivity contribution in [1.29, 1.82) is 0 Å². The van der Waals surface area contributed by atoms with Gasteiger partial charge in [0.15, 0.2) is 5.76 Å². The number of aromatic nitrogens is 2. The van der Waals surface area contributed by atoms with Crippen LogP contribution in [0.2, 0.25) is 0 Å². The van der Waals surface area contributed by atoms with Crippen LogP contribution in [-0.2, 0) is 13.1 Å². The standard InChI is InChI=1S/C19H20F3N3O2/c20-19(21,22)13-25-11-7-16-17(25)2-1-3-18(16)26-14-5-9-24(10-6-14)12-15-4-8-23-27-15/h1-4,7-8,11,14H,5-6,9-10,12-13H2. The molecule has 5 nitrogen and oxygen atoms in total. The Hall–Kier alpha value is -2.48. The maximum Gasteiger partial charge on any atom is 0.406 e. The van der Waals surface area contributed by atoms with Crippen molar-refractivity contribution < 1.29 is 22.4 Å². The van der Waals surface area contributed by atoms with Gasteiger partial charge >= 0.3 is 6.18 Å². The fourth-order valence-corrected chi connectivity index (χ4v) is 3.54. The molecule has 0 amide bonds. The summed E-state index contributed by atoms with van der Waals surface area (Å²) in [6, 6.07) is 8.79. The van der Waals surface area contributed by atoms with E-state index in [1.54, 1.807) is 24.4 Å². The Balaban J connectivity index is 1.41. The second kappa shape index (κ2) is 7.26. The number of benzene rings is 1. The number of halogens is 3. The van der Waals surface area contributed by atoms with Gasteiger partial charge in [0, 0.05) is 30.7 Å². The summed E-state index contributed by atoms with van der Waals surface area (Å²) in [7, 11) is 0. The number of fused-ring (bicyclic) bond motifs is 1. The average Bonchev–Trinajstić information content (AvgIpc) is 3.26. The van der Waals surface area contributed by atoms with Crippen molar-refractivity contribution in [3.63, 3.8) is 0 Å². The maximum absolute atomic E-state index is 12.7. The smallest absolute Gasteiger partial charge is 0.406 e. The number of nitrogens with zero attached hydrogens (tertiary/aromatic N) is 3. The number of piperidine rings is 1. The first-order valence-electron chi connectivity index (χ1n) is 8.91. The van der Waals surface area contributed by atoms with Crippen LogP contribution in [0.4, 0.5) is 13.2 Å². The summed E-state index contributed by atoms with van der Waals surface area (Å²) in [5.74, 6) is 1.48. The number of alkyl halides is 3. The summed E-state index contributed by atoms with van der Waals surface area (Å²) >= 11 is 0. The molecule has 1 aliphatic heterocycles. The first-order valence-corrected chi connectivity index (χ1v) is 8.91. The highest BCUT2D eigenvalue weighted by atomic mass is 19.4. The summed E-state index contributed by atoms with van der Waals surface area (Å²) in [5, 5.41) is 4.43. The van der Waals surface area contributed by atoms with Crippen LogP contribution in [0.5, 0.6) is 5.75 Å². The van der Waals surface area contributed by atoms with Gasteiger partial charge in [0.25, 0.3) is 0 Å². The van der Waals surface area contributed by atoms with Crippen LogP contribution in [0, 0.1) is 0 Å². The molecule has 4 rings (SSSR count). The molecule has 1 saturated heterocycles. The van der Waals surface area contributed by atoms with E-state index in [1.165, 1.54) is 10.8 Å². The van der Waals surface area contributed by atoms with E-state index >= 15 is 0 Å². The van der Waals surface area contributed by atoms with Gasteiger partial charge in [-0.1, -0.05) is 11.2 Å². The molecule has 3 heterocycles. The molecule has 27 heavy (non-hydrogen) atoms. The Morgan fingerprint density at radius 1 is 1.15 bits per heavy atom. The minimum absolute atomic E-state index is 0.0487. The lowest BCUT2D eigenvalue weighted by Gasteiger charge is -2.31. The SMILES string of the molecule is FC(F)(F)Cn1ccc2c(OC3CCN(Cc4ccno4)CC3)cccc21. The Labute approximate surface area is 154 Å². The monoisotopic (exact) mass is 379 g/mol. The molecule has 0 unspecified atom stereocenters. The van der Waals surface area contributed by atoms with Crippen molar-refractivity contribution in [2.45, 2.75) is 38.2 Å². The normalized spacial score (nSPS) is 16.9. The largest absolute Gasteiger partial charge is 0.490 e. The summed E-state index contributed by atoms with van der Waals surface area (Å²) in [4.78, 5) is 2.28. The lowest BCUT2D eigenvalue weighted by molar-refractivity contribution is -0.139. The number of hydrogen-bond acceptors (Lipinski definition) is 4. The van der Waals surface area contributed by atoms with Gasteiger partial charge in [-0.25, -0.2) is 0 Å². The molecule has 0 aliphatic carbocycles. The summed E-state index contributed by atoms with van der Waals surface area (Å²) in [5.41, 5.74) is 0.535. The summed E-state index contributed by atoms with van der Waals surface area (Å²) in [6.07, 6.45) is 0.607. The topological polar surface area (TPSA) is 43.4 Å². The molecule has 3 aromatic rings. The van der Waals surface area contributed by atoms with Gasteiger partial charge in [-0.3, -0.25) is 4.90 Å². The average molecular weight is 379 g/mol. The highest BCUT2D eigenvalue weighted by Crippen LogP contribution is 2.31. The fourth-order valence-electron chi connectivity index (χ4n) is 3.54. The third-order valence-electron chi connectivity index (χ3n) is 4.82. The van der Waals surface area contributed by atoms with Gasteiger partial charge < -0.3 is 13.8 Å². The van der Waals surface area contributed by atoms with E-state index in [1.807, 2.05) is 12.1 Å². The number of ether oxygens (including phenoxy) is 1. The van der Waals surface area contributed by atoms with Crippen LogP contribution in [0.1, 0.15) is 18.6 Å². The molecule has 0 spiro atoms. The predicted molar refractivity (Wildman–Crippen MR) is 93.4 cm³/mol. The van der Waals surface area contributed by atoms with Gasteiger partial charge in [-0.15, -0.1) is 0 Å². The zero-order valence-electron chi connectivity index (χ0n) is 14.7. The number of likely N-dealkylation sites (tertiary alicyclic amines) is 1. The Bertz CT molecular complexity index is 881. The van der Waals surface area contributed by atoms with Crippen molar-refractivity contribution in [2.75, 3.05) is 13.1 Å². The van der Waals surface area contributed by atoms with Gasteiger partial charge in [-0.2, -0.15) is 13.2 Å². The van der Waals surface area contributed by atoms with Crippen LogP contribution in [0.15, 0.2) is 47.2 Å². The predicted octanol–water partition coefficient (Wildman–Crippen LogP) is 4.24. The van der Waals surface area contributed by atoms with Gasteiger partial charge in [0.1, 0.15) is 18.4 Å². The number of hydrogen-bond donors (Lipinski definition) is 0. The van der Waals surface area contributed by atoms with E-state index in [0.29, 0.717) is 16.7 Å². The molecule has 8 heteroatoms. The molecule has 1 aromatic carbocycles. The van der Waals surface area contributed by atoms with E-state index in [-0.39, 0.29) is 6.10 Å². The molecular weight excluding hydrogens is 359 g/mol. The minimum atomic E-state index is -4.25. The Morgan fingerprint density at radius 2 is 1.96 bits per heavy atom. The highest BCUT2D eigenvalue weighted by Gasteiger charge is 2.28. The van der Waals surface area contributed by atoms with Crippen molar-refractivity contribution in [2.24, 2.45) is 0 Å². The van der Waals surface area contributed by atoms with E-state index < -0.39 is 12.7 Å². The molecule has 0 radical (unpaired) electrons. The van der Waals surface area contributed by atoms with Crippen LogP contribution in [-0.4, -0.2) is 40.0 Å². The van der Waals surface area contributed by atoms with E-state index in [0.717, 1.165) is 38.2 Å². The highest BCUT2D eigenvalue weighted by molar-refractivity contribution is 5.86. The lowest BCUT2D eigenvalue weighted by Crippen LogP contribution is -2.37. The van der Waals surface area contributed by atoms with E-state index in [9.17, 15) is 13.2 Å². The van der Waals surface area contributed by atoms with Crippen molar-refractivity contribution in [3.05, 3.63) is 48.5 Å².